The molecule has 5 heteroatoms. The number of aliphatic imine (C=N–C) groups is 1. The summed E-state index contributed by atoms with van der Waals surface area (Å²) in [6.45, 7) is 0.459. The van der Waals surface area contributed by atoms with Crippen LogP contribution in [0.2, 0.25) is 0 Å². The molecule has 0 atom stereocenters. The molecule has 0 aliphatic rings. The van der Waals surface area contributed by atoms with E-state index in [9.17, 15) is 10.2 Å². The maximum absolute atomic E-state index is 9.56. The summed E-state index contributed by atoms with van der Waals surface area (Å²) in [6.07, 6.45) is 1.39. The summed E-state index contributed by atoms with van der Waals surface area (Å²) >= 11 is 0. The molecular weight excluding hydrogens is 266 g/mol. The van der Waals surface area contributed by atoms with Gasteiger partial charge in [0.2, 0.25) is 0 Å². The van der Waals surface area contributed by atoms with E-state index >= 15 is 0 Å². The van der Waals surface area contributed by atoms with Gasteiger partial charge in [-0.1, -0.05) is 30.3 Å². The molecule has 0 bridgehead atoms. The van der Waals surface area contributed by atoms with Crippen molar-refractivity contribution in [1.29, 1.82) is 0 Å². The van der Waals surface area contributed by atoms with Crippen LogP contribution in [0, 0.1) is 0 Å². The zero-order valence-electron chi connectivity index (χ0n) is 10.0. The minimum absolute atomic E-state index is 0. The van der Waals surface area contributed by atoms with Gasteiger partial charge >= 0.3 is 0 Å². The van der Waals surface area contributed by atoms with E-state index in [0.717, 1.165) is 17.7 Å². The van der Waals surface area contributed by atoms with Crippen LogP contribution < -0.4 is 0 Å². The van der Waals surface area contributed by atoms with Crippen molar-refractivity contribution in [3.63, 3.8) is 0 Å². The van der Waals surface area contributed by atoms with E-state index in [4.69, 9.17) is 5.11 Å². The highest BCUT2D eigenvalue weighted by molar-refractivity contribution is 5.87. The molecule has 0 aliphatic carbocycles. The van der Waals surface area contributed by atoms with Crippen LogP contribution in [0.5, 0.6) is 17.2 Å². The number of phenols is 3. The molecule has 100 valence electrons. The maximum atomic E-state index is 9.56. The Hall–Kier alpha value is -2.20. The SMILES string of the molecule is Cl.Oc1cc(O)c(C=NCc2ccccc2)c(O)c1. The lowest BCUT2D eigenvalue weighted by atomic mass is 10.2. The minimum atomic E-state index is -0.204. The Morgan fingerprint density at radius 2 is 1.53 bits per heavy atom. The van der Waals surface area contributed by atoms with Crippen LogP contribution in [0.15, 0.2) is 47.5 Å². The Bertz CT molecular complexity index is 547. The van der Waals surface area contributed by atoms with Crippen LogP contribution in [-0.4, -0.2) is 21.5 Å². The molecule has 4 nitrogen and oxygen atoms in total. The predicted octanol–water partition coefficient (Wildman–Crippen LogP) is 2.84. The van der Waals surface area contributed by atoms with Gasteiger partial charge in [-0.2, -0.15) is 0 Å². The van der Waals surface area contributed by atoms with Crippen molar-refractivity contribution in [2.24, 2.45) is 4.99 Å². The van der Waals surface area contributed by atoms with Crippen molar-refractivity contribution in [1.82, 2.24) is 0 Å². The number of aromatic hydroxyl groups is 3. The lowest BCUT2D eigenvalue weighted by molar-refractivity contribution is 0.427. The maximum Gasteiger partial charge on any atom is 0.131 e. The Morgan fingerprint density at radius 3 is 2.11 bits per heavy atom. The molecule has 0 heterocycles. The second kappa shape index (κ2) is 6.66. The van der Waals surface area contributed by atoms with Gasteiger partial charge in [0.15, 0.2) is 0 Å². The quantitative estimate of drug-likeness (QED) is 0.757. The van der Waals surface area contributed by atoms with Crippen molar-refractivity contribution in [3.8, 4) is 17.2 Å². The summed E-state index contributed by atoms with van der Waals surface area (Å²) in [5.74, 6) is -0.598. The summed E-state index contributed by atoms with van der Waals surface area (Å²) in [7, 11) is 0. The van der Waals surface area contributed by atoms with E-state index in [1.165, 1.54) is 6.21 Å². The van der Waals surface area contributed by atoms with Crippen LogP contribution in [0.3, 0.4) is 0 Å². The molecule has 0 aromatic heterocycles. The van der Waals surface area contributed by atoms with Crippen LogP contribution >= 0.6 is 12.4 Å². The van der Waals surface area contributed by atoms with E-state index in [2.05, 4.69) is 4.99 Å². The first-order valence-corrected chi connectivity index (χ1v) is 5.45. The van der Waals surface area contributed by atoms with Gasteiger partial charge in [0.1, 0.15) is 17.2 Å². The number of phenolic OH excluding ortho intramolecular Hbond substituents is 3. The molecule has 0 amide bonds. The third kappa shape index (κ3) is 3.89. The summed E-state index contributed by atoms with van der Waals surface area (Å²) < 4.78 is 0. The smallest absolute Gasteiger partial charge is 0.131 e. The number of benzene rings is 2. The zero-order valence-corrected chi connectivity index (χ0v) is 10.8. The molecule has 0 saturated carbocycles. The fraction of sp³-hybridized carbons (Fsp3) is 0.0714. The molecule has 0 unspecified atom stereocenters. The standard InChI is InChI=1S/C14H13NO3.ClH/c16-11-6-13(17)12(14(18)7-11)9-15-8-10-4-2-1-3-5-10;/h1-7,9,16-18H,8H2;1H. The van der Waals surface area contributed by atoms with Crippen LogP contribution in [-0.2, 0) is 6.54 Å². The normalized spacial score (nSPS) is 10.3. The average molecular weight is 280 g/mol. The summed E-state index contributed by atoms with van der Waals surface area (Å²) in [5.41, 5.74) is 1.23. The lowest BCUT2D eigenvalue weighted by Crippen LogP contribution is -1.86. The van der Waals surface area contributed by atoms with Crippen molar-refractivity contribution in [3.05, 3.63) is 53.6 Å². The van der Waals surface area contributed by atoms with Crippen LogP contribution in [0.1, 0.15) is 11.1 Å². The molecular formula is C14H14ClNO3. The second-order valence-corrected chi connectivity index (χ2v) is 3.85. The number of hydrogen-bond donors (Lipinski definition) is 3. The second-order valence-electron chi connectivity index (χ2n) is 3.85. The average Bonchev–Trinajstić information content (AvgIpc) is 2.34. The molecule has 0 aliphatic heterocycles. The number of hydrogen-bond acceptors (Lipinski definition) is 4. The van der Waals surface area contributed by atoms with E-state index in [1.54, 1.807) is 0 Å². The third-order valence-corrected chi connectivity index (χ3v) is 2.46. The minimum Gasteiger partial charge on any atom is -0.508 e. The molecule has 2 rings (SSSR count). The molecule has 0 spiro atoms. The monoisotopic (exact) mass is 279 g/mol. The number of halogens is 1. The number of nitrogens with zero attached hydrogens (tertiary/aromatic N) is 1. The predicted molar refractivity (Wildman–Crippen MR) is 76.4 cm³/mol. The van der Waals surface area contributed by atoms with Gasteiger partial charge in [-0.05, 0) is 5.56 Å². The third-order valence-electron chi connectivity index (χ3n) is 2.46. The molecule has 0 radical (unpaired) electrons. The molecule has 19 heavy (non-hydrogen) atoms. The first kappa shape index (κ1) is 14.9. The fourth-order valence-electron chi connectivity index (χ4n) is 1.57. The topological polar surface area (TPSA) is 73.0 Å². The van der Waals surface area contributed by atoms with Crippen molar-refractivity contribution in [2.45, 2.75) is 6.54 Å². The molecule has 0 saturated heterocycles. The molecule has 2 aromatic rings. The van der Waals surface area contributed by atoms with Crippen LogP contribution in [0.25, 0.3) is 0 Å². The number of rotatable bonds is 3. The fourth-order valence-corrected chi connectivity index (χ4v) is 1.57. The van der Waals surface area contributed by atoms with E-state index < -0.39 is 0 Å². The van der Waals surface area contributed by atoms with E-state index in [0.29, 0.717) is 6.54 Å². The van der Waals surface area contributed by atoms with Crippen LogP contribution in [0.4, 0.5) is 0 Å². The van der Waals surface area contributed by atoms with Gasteiger partial charge in [-0.3, -0.25) is 4.99 Å². The first-order valence-electron chi connectivity index (χ1n) is 5.45. The Kier molecular flexibility index (Phi) is 5.21. The van der Waals surface area contributed by atoms with Crippen molar-refractivity contribution >= 4 is 18.6 Å². The van der Waals surface area contributed by atoms with Gasteiger partial charge in [0.25, 0.3) is 0 Å². The van der Waals surface area contributed by atoms with Gasteiger partial charge in [-0.15, -0.1) is 12.4 Å². The van der Waals surface area contributed by atoms with E-state index in [-0.39, 0.29) is 35.2 Å². The summed E-state index contributed by atoms with van der Waals surface area (Å²) in [4.78, 5) is 4.14. The van der Waals surface area contributed by atoms with Gasteiger partial charge < -0.3 is 15.3 Å². The van der Waals surface area contributed by atoms with E-state index in [1.807, 2.05) is 30.3 Å². The summed E-state index contributed by atoms with van der Waals surface area (Å²) in [5, 5.41) is 28.3. The lowest BCUT2D eigenvalue weighted by Gasteiger charge is -2.03. The molecule has 3 N–H and O–H groups in total. The zero-order chi connectivity index (χ0) is 13.0. The van der Waals surface area contributed by atoms with Gasteiger partial charge in [-0.25, -0.2) is 0 Å². The van der Waals surface area contributed by atoms with Gasteiger partial charge in [0.05, 0.1) is 12.1 Å². The first-order chi connectivity index (χ1) is 8.66. The Morgan fingerprint density at radius 1 is 0.947 bits per heavy atom. The molecule has 0 fully saturated rings. The highest BCUT2D eigenvalue weighted by atomic mass is 35.5. The highest BCUT2D eigenvalue weighted by Crippen LogP contribution is 2.30. The summed E-state index contributed by atoms with van der Waals surface area (Å²) in [6, 6.07) is 11.9. The Labute approximate surface area is 117 Å². The molecule has 2 aromatic carbocycles. The van der Waals surface area contributed by atoms with Crippen molar-refractivity contribution < 1.29 is 15.3 Å². The highest BCUT2D eigenvalue weighted by Gasteiger charge is 2.06. The van der Waals surface area contributed by atoms with Crippen molar-refractivity contribution in [2.75, 3.05) is 0 Å². The Balaban J connectivity index is 0.00000180. The largest absolute Gasteiger partial charge is 0.508 e. The van der Waals surface area contributed by atoms with Gasteiger partial charge in [0, 0.05) is 18.3 Å².